The molecule has 6 nitrogen and oxygen atoms in total. The van der Waals surface area contributed by atoms with E-state index in [0.29, 0.717) is 5.56 Å². The second kappa shape index (κ2) is 7.74. The van der Waals surface area contributed by atoms with Gasteiger partial charge in [0.05, 0.1) is 16.7 Å². The first-order valence-corrected chi connectivity index (χ1v) is 6.60. The number of aryl methyl sites for hydroxylation is 1. The molecule has 0 saturated carbocycles. The minimum atomic E-state index is -1.23. The van der Waals surface area contributed by atoms with E-state index >= 15 is 0 Å². The van der Waals surface area contributed by atoms with Gasteiger partial charge in [-0.3, -0.25) is 0 Å². The van der Waals surface area contributed by atoms with Gasteiger partial charge < -0.3 is 15.3 Å². The molecule has 0 bridgehead atoms. The van der Waals surface area contributed by atoms with Crippen molar-refractivity contribution in [3.05, 3.63) is 70.3 Å². The molecule has 0 atom stereocenters. The van der Waals surface area contributed by atoms with E-state index in [4.69, 9.17) is 15.3 Å². The molecule has 0 aliphatic rings. The predicted molar refractivity (Wildman–Crippen MR) is 83.2 cm³/mol. The van der Waals surface area contributed by atoms with Crippen LogP contribution in [-0.4, -0.2) is 33.2 Å². The summed E-state index contributed by atoms with van der Waals surface area (Å²) in [5.41, 5.74) is 1.88. The highest BCUT2D eigenvalue weighted by atomic mass is 16.4. The van der Waals surface area contributed by atoms with E-state index in [0.717, 1.165) is 11.1 Å². The summed E-state index contributed by atoms with van der Waals surface area (Å²) in [7, 11) is 0. The molecular weight excluding hydrogens is 300 g/mol. The fourth-order valence-electron chi connectivity index (χ4n) is 1.84. The second-order valence-electron chi connectivity index (χ2n) is 4.71. The maximum atomic E-state index is 10.6. The lowest BCUT2D eigenvalue weighted by atomic mass is 10.0. The van der Waals surface area contributed by atoms with Gasteiger partial charge in [-0.05, 0) is 43.2 Å². The molecule has 3 N–H and O–H groups in total. The second-order valence-corrected chi connectivity index (χ2v) is 4.71. The molecule has 0 heterocycles. The Kier molecular flexibility index (Phi) is 6.03. The van der Waals surface area contributed by atoms with Gasteiger partial charge in [0.15, 0.2) is 0 Å². The number of carboxylic acids is 3. The van der Waals surface area contributed by atoms with Crippen molar-refractivity contribution in [3.8, 4) is 0 Å². The van der Waals surface area contributed by atoms with Crippen molar-refractivity contribution in [2.75, 3.05) is 0 Å². The van der Waals surface area contributed by atoms with Gasteiger partial charge in [-0.15, -0.1) is 0 Å². The number of benzene rings is 2. The van der Waals surface area contributed by atoms with Gasteiger partial charge in [0, 0.05) is 0 Å². The molecule has 0 amide bonds. The van der Waals surface area contributed by atoms with E-state index in [-0.39, 0.29) is 11.1 Å². The predicted octanol–water partition coefficient (Wildman–Crippen LogP) is 3.08. The van der Waals surface area contributed by atoms with Crippen LogP contribution in [0.25, 0.3) is 0 Å². The highest BCUT2D eigenvalue weighted by Crippen LogP contribution is 2.11. The van der Waals surface area contributed by atoms with Crippen LogP contribution in [0.1, 0.15) is 42.2 Å². The van der Waals surface area contributed by atoms with Crippen LogP contribution in [0.3, 0.4) is 0 Å². The Bertz CT molecular complexity index is 715. The summed E-state index contributed by atoms with van der Waals surface area (Å²) in [6.45, 7) is 3.72. The van der Waals surface area contributed by atoms with Gasteiger partial charge in [0.1, 0.15) is 0 Å². The van der Waals surface area contributed by atoms with Crippen molar-refractivity contribution in [3.63, 3.8) is 0 Å². The Balaban J connectivity index is 0.000000231. The highest BCUT2D eigenvalue weighted by molar-refractivity contribution is 6.01. The van der Waals surface area contributed by atoms with Crippen molar-refractivity contribution in [1.29, 1.82) is 0 Å². The molecule has 0 unspecified atom stereocenters. The number of rotatable bonds is 3. The zero-order valence-electron chi connectivity index (χ0n) is 12.6. The third-order valence-corrected chi connectivity index (χ3v) is 3.22. The van der Waals surface area contributed by atoms with Gasteiger partial charge in [0.2, 0.25) is 0 Å². The molecular formula is C17H16O6. The quantitative estimate of drug-likeness (QED) is 0.802. The zero-order valence-corrected chi connectivity index (χ0v) is 12.6. The molecule has 0 aliphatic heterocycles. The third-order valence-electron chi connectivity index (χ3n) is 3.22. The molecule has 0 fully saturated rings. The lowest BCUT2D eigenvalue weighted by molar-refractivity contribution is 0.0651. The van der Waals surface area contributed by atoms with Crippen molar-refractivity contribution in [2.45, 2.75) is 13.8 Å². The van der Waals surface area contributed by atoms with E-state index in [9.17, 15) is 14.4 Å². The molecule has 23 heavy (non-hydrogen) atoms. The Hall–Kier alpha value is -3.15. The first-order valence-electron chi connectivity index (χ1n) is 6.60. The Morgan fingerprint density at radius 3 is 1.39 bits per heavy atom. The number of carbonyl (C=O) groups is 3. The lowest BCUT2D eigenvalue weighted by Gasteiger charge is -2.02. The molecule has 0 radical (unpaired) electrons. The summed E-state index contributed by atoms with van der Waals surface area (Å²) in [6, 6.07) is 10.8. The summed E-state index contributed by atoms with van der Waals surface area (Å²) in [4.78, 5) is 31.5. The van der Waals surface area contributed by atoms with Crippen LogP contribution in [0.4, 0.5) is 0 Å². The van der Waals surface area contributed by atoms with Crippen LogP contribution < -0.4 is 0 Å². The van der Waals surface area contributed by atoms with E-state index in [1.54, 1.807) is 12.1 Å². The molecule has 0 aliphatic carbocycles. The Morgan fingerprint density at radius 2 is 1.04 bits per heavy atom. The third kappa shape index (κ3) is 4.67. The van der Waals surface area contributed by atoms with Gasteiger partial charge >= 0.3 is 17.9 Å². The average Bonchev–Trinajstić information content (AvgIpc) is 2.50. The van der Waals surface area contributed by atoms with Crippen molar-refractivity contribution >= 4 is 17.9 Å². The molecule has 0 aromatic heterocycles. The molecule has 2 aromatic carbocycles. The number of hydrogen-bond donors (Lipinski definition) is 3. The molecule has 0 saturated heterocycles. The van der Waals surface area contributed by atoms with E-state index in [1.807, 2.05) is 19.9 Å². The minimum absolute atomic E-state index is 0.190. The van der Waals surface area contributed by atoms with Gasteiger partial charge in [-0.25, -0.2) is 14.4 Å². The molecule has 6 heteroatoms. The monoisotopic (exact) mass is 316 g/mol. The molecule has 2 aromatic rings. The van der Waals surface area contributed by atoms with E-state index < -0.39 is 17.9 Å². The van der Waals surface area contributed by atoms with Crippen LogP contribution in [0.15, 0.2) is 42.5 Å². The summed E-state index contributed by atoms with van der Waals surface area (Å²) in [6.07, 6.45) is 0. The first-order chi connectivity index (χ1) is 10.8. The van der Waals surface area contributed by atoms with Crippen molar-refractivity contribution in [2.24, 2.45) is 0 Å². The summed E-state index contributed by atoms with van der Waals surface area (Å²) in [5.74, 6) is -3.31. The minimum Gasteiger partial charge on any atom is -0.478 e. The van der Waals surface area contributed by atoms with Crippen LogP contribution in [0.2, 0.25) is 0 Å². The van der Waals surface area contributed by atoms with Crippen LogP contribution in [0, 0.1) is 13.8 Å². The fraction of sp³-hybridized carbons (Fsp3) is 0.118. The first kappa shape index (κ1) is 17.9. The standard InChI is InChI=1S/C9H10O2.C8H6O4/c1-6-4-3-5-8(7(6)2)9(10)11;9-7(10)5-3-1-2-4-6(5)8(11)12/h3-5H,1-2H3,(H,10,11);1-4H,(H,9,10)(H,11,12). The van der Waals surface area contributed by atoms with Crippen LogP contribution in [-0.2, 0) is 0 Å². The van der Waals surface area contributed by atoms with Crippen LogP contribution in [0.5, 0.6) is 0 Å². The number of hydrogen-bond acceptors (Lipinski definition) is 3. The Labute approximate surface area is 132 Å². The smallest absolute Gasteiger partial charge is 0.336 e. The number of carboxylic acid groups (broad SMARTS) is 3. The largest absolute Gasteiger partial charge is 0.478 e. The molecule has 120 valence electrons. The SMILES string of the molecule is Cc1cccc(C(=O)O)c1C.O=C(O)c1ccccc1C(=O)O. The van der Waals surface area contributed by atoms with Crippen molar-refractivity contribution in [1.82, 2.24) is 0 Å². The zero-order chi connectivity index (χ0) is 17.6. The van der Waals surface area contributed by atoms with Crippen LogP contribution >= 0.6 is 0 Å². The van der Waals surface area contributed by atoms with E-state index in [1.165, 1.54) is 24.3 Å². The van der Waals surface area contributed by atoms with Gasteiger partial charge in [-0.2, -0.15) is 0 Å². The average molecular weight is 316 g/mol. The highest BCUT2D eigenvalue weighted by Gasteiger charge is 2.13. The summed E-state index contributed by atoms with van der Waals surface area (Å²) >= 11 is 0. The Morgan fingerprint density at radius 1 is 0.652 bits per heavy atom. The summed E-state index contributed by atoms with van der Waals surface area (Å²) < 4.78 is 0. The number of aromatic carboxylic acids is 3. The maximum absolute atomic E-state index is 10.6. The maximum Gasteiger partial charge on any atom is 0.336 e. The molecule has 2 rings (SSSR count). The summed E-state index contributed by atoms with van der Waals surface area (Å²) in [5, 5.41) is 25.8. The topological polar surface area (TPSA) is 112 Å². The van der Waals surface area contributed by atoms with E-state index in [2.05, 4.69) is 0 Å². The lowest BCUT2D eigenvalue weighted by Crippen LogP contribution is -2.06. The van der Waals surface area contributed by atoms with Crippen molar-refractivity contribution < 1.29 is 29.7 Å². The van der Waals surface area contributed by atoms with Gasteiger partial charge in [0.25, 0.3) is 0 Å². The molecule has 0 spiro atoms. The fourth-order valence-corrected chi connectivity index (χ4v) is 1.84. The van der Waals surface area contributed by atoms with Gasteiger partial charge in [-0.1, -0.05) is 24.3 Å². The normalized spacial score (nSPS) is 9.48.